The number of hydrogen-bond donors (Lipinski definition) is 0. The Balaban J connectivity index is 3.61. The van der Waals surface area contributed by atoms with E-state index >= 15 is 0 Å². The minimum atomic E-state index is -0.703. The van der Waals surface area contributed by atoms with E-state index in [1.807, 2.05) is 0 Å². The summed E-state index contributed by atoms with van der Waals surface area (Å²) in [4.78, 5) is 5.69. The molecule has 0 aliphatic heterocycles. The fourth-order valence-corrected chi connectivity index (χ4v) is 0.881. The Bertz CT molecular complexity index is 468. The first-order chi connectivity index (χ1) is 6.61. The molecule has 4 radical (unpaired) electrons. The Morgan fingerprint density at radius 3 is 2.64 bits per heavy atom. The Morgan fingerprint density at radius 1 is 1.50 bits per heavy atom. The van der Waals surface area contributed by atoms with Gasteiger partial charge in [0.15, 0.2) is 5.82 Å². The lowest BCUT2D eigenvalue weighted by Gasteiger charge is -2.01. The van der Waals surface area contributed by atoms with Crippen LogP contribution in [0.25, 0.3) is 10.4 Å². The number of azide groups is 1. The molecule has 0 bridgehead atoms. The van der Waals surface area contributed by atoms with Crippen LogP contribution in [0.15, 0.2) is 5.11 Å². The summed E-state index contributed by atoms with van der Waals surface area (Å²) in [6.45, 7) is 0. The summed E-state index contributed by atoms with van der Waals surface area (Å²) >= 11 is 5.39. The van der Waals surface area contributed by atoms with Crippen molar-refractivity contribution >= 4 is 28.9 Å². The second-order valence-electron chi connectivity index (χ2n) is 2.10. The van der Waals surface area contributed by atoms with Crippen molar-refractivity contribution in [2.24, 2.45) is 5.11 Å². The average Bonchev–Trinajstić information content (AvgIpc) is 2.16. The van der Waals surface area contributed by atoms with Crippen molar-refractivity contribution in [3.05, 3.63) is 21.0 Å². The van der Waals surface area contributed by atoms with Crippen LogP contribution in [0.1, 0.15) is 5.56 Å². The fraction of sp³-hybridized carbons (Fsp3) is 0. The van der Waals surface area contributed by atoms with E-state index in [0.717, 1.165) is 0 Å². The summed E-state index contributed by atoms with van der Waals surface area (Å²) in [5, 5.41) is 11.1. The molecule has 66 valence electrons. The predicted molar refractivity (Wildman–Crippen MR) is 46.4 cm³/mol. The normalized spacial score (nSPS) is 8.86. The lowest BCUT2D eigenvalue weighted by molar-refractivity contribution is 1.19. The van der Waals surface area contributed by atoms with Gasteiger partial charge < -0.3 is 0 Å². The number of aromatic nitrogens is 1. The number of pyridine rings is 1. The second-order valence-corrected chi connectivity index (χ2v) is 2.48. The van der Waals surface area contributed by atoms with Gasteiger partial charge in [0.2, 0.25) is 0 Å². The van der Waals surface area contributed by atoms with Crippen LogP contribution >= 0.6 is 11.6 Å². The molecule has 0 aliphatic carbocycles. The molecule has 1 aromatic heterocycles. The van der Waals surface area contributed by atoms with Gasteiger partial charge in [0, 0.05) is 4.91 Å². The van der Waals surface area contributed by atoms with E-state index in [1.54, 1.807) is 6.07 Å². The number of nitriles is 1. The zero-order valence-corrected chi connectivity index (χ0v) is 7.26. The van der Waals surface area contributed by atoms with Crippen LogP contribution < -0.4 is 11.5 Å². The van der Waals surface area contributed by atoms with Crippen LogP contribution in [0, 0.1) is 11.3 Å². The van der Waals surface area contributed by atoms with E-state index in [1.165, 1.54) is 0 Å². The maximum Gasteiger partial charge on any atom is 0.196 e. The van der Waals surface area contributed by atoms with Gasteiger partial charge in [-0.25, -0.2) is 4.98 Å². The number of rotatable bonds is 1. The van der Waals surface area contributed by atoms with E-state index in [-0.39, 0.29) is 5.56 Å². The molecule has 0 aromatic carbocycles. The Kier molecular flexibility index (Phi) is 2.62. The molecule has 0 saturated carbocycles. The zero-order chi connectivity index (χ0) is 10.7. The molecule has 1 aromatic rings. The quantitative estimate of drug-likeness (QED) is 0.394. The van der Waals surface area contributed by atoms with Crippen LogP contribution in [0.5, 0.6) is 0 Å². The first-order valence-electron chi connectivity index (χ1n) is 3.18. The smallest absolute Gasteiger partial charge is 0.196 e. The minimum Gasteiger partial charge on any atom is -0.222 e. The van der Waals surface area contributed by atoms with Crippen LogP contribution in [0.2, 0.25) is 5.02 Å². The fourth-order valence-electron chi connectivity index (χ4n) is 0.745. The molecule has 1 rings (SSSR count). The van der Waals surface area contributed by atoms with Gasteiger partial charge in [-0.05, 0) is 10.6 Å². The summed E-state index contributed by atoms with van der Waals surface area (Å²) in [5.41, 5.74) is 25.3. The van der Waals surface area contributed by atoms with Crippen molar-refractivity contribution in [1.29, 1.82) is 5.26 Å². The van der Waals surface area contributed by atoms with E-state index in [4.69, 9.17) is 28.1 Å². The average molecular weight is 206 g/mol. The molecule has 1 heterocycles. The first-order valence-corrected chi connectivity index (χ1v) is 3.56. The van der Waals surface area contributed by atoms with Crippen molar-refractivity contribution in [1.82, 2.24) is 16.5 Å². The summed E-state index contributed by atoms with van der Waals surface area (Å²) in [6, 6.07) is 1.54. The number of nitrogens with zero attached hydrogens (tertiary/aromatic N) is 7. The molecule has 0 N–H and O–H groups in total. The van der Waals surface area contributed by atoms with Crippen LogP contribution in [-0.4, -0.2) is 4.98 Å². The van der Waals surface area contributed by atoms with Gasteiger partial charge in [0.05, 0.1) is 0 Å². The van der Waals surface area contributed by atoms with Gasteiger partial charge in [-0.15, -0.1) is 11.5 Å². The van der Waals surface area contributed by atoms with Gasteiger partial charge in [0.25, 0.3) is 0 Å². The monoisotopic (exact) mass is 205 g/mol. The van der Waals surface area contributed by atoms with Crippen LogP contribution in [-0.2, 0) is 0 Å². The molecule has 0 saturated heterocycles. The standard InChI is InChI=1S/C6ClN7/c7-3-4(9)2(1-8)6(13-14-11)12-5(3)10. The molecule has 14 heavy (non-hydrogen) atoms. The SMILES string of the molecule is [N]c1nc(N=[N+]=[N-])c(C#N)c([N])c1Cl. The van der Waals surface area contributed by atoms with Crippen molar-refractivity contribution < 1.29 is 0 Å². The van der Waals surface area contributed by atoms with E-state index in [9.17, 15) is 5.73 Å². The van der Waals surface area contributed by atoms with Crippen molar-refractivity contribution in [3.8, 4) is 6.07 Å². The summed E-state index contributed by atoms with van der Waals surface area (Å²) < 4.78 is 0. The van der Waals surface area contributed by atoms with E-state index in [0.29, 0.717) is 0 Å². The third-order valence-electron chi connectivity index (χ3n) is 1.33. The highest BCUT2D eigenvalue weighted by molar-refractivity contribution is 6.35. The van der Waals surface area contributed by atoms with Gasteiger partial charge in [-0.1, -0.05) is 11.6 Å². The van der Waals surface area contributed by atoms with Gasteiger partial charge >= 0.3 is 0 Å². The zero-order valence-electron chi connectivity index (χ0n) is 6.51. The van der Waals surface area contributed by atoms with E-state index in [2.05, 4.69) is 15.0 Å². The highest BCUT2D eigenvalue weighted by atomic mass is 35.5. The minimum absolute atomic E-state index is 0.384. The summed E-state index contributed by atoms with van der Waals surface area (Å²) in [5.74, 6) is -1.13. The van der Waals surface area contributed by atoms with Crippen molar-refractivity contribution in [3.63, 3.8) is 0 Å². The molecular formula is C6ClN7. The summed E-state index contributed by atoms with van der Waals surface area (Å²) in [7, 11) is 0. The molecule has 7 nitrogen and oxygen atoms in total. The molecule has 0 fully saturated rings. The molecule has 0 atom stereocenters. The van der Waals surface area contributed by atoms with Crippen LogP contribution in [0.4, 0.5) is 17.3 Å². The van der Waals surface area contributed by atoms with Crippen molar-refractivity contribution in [2.75, 3.05) is 0 Å². The Hall–Kier alpha value is -2.16. The molecule has 0 spiro atoms. The lowest BCUT2D eigenvalue weighted by Crippen LogP contribution is -1.89. The molecule has 8 heteroatoms. The Morgan fingerprint density at radius 2 is 2.14 bits per heavy atom. The highest BCUT2D eigenvalue weighted by Gasteiger charge is 2.16. The van der Waals surface area contributed by atoms with Gasteiger partial charge in [-0.2, -0.15) is 5.26 Å². The molecule has 0 amide bonds. The number of halogens is 1. The molecule has 0 unspecified atom stereocenters. The highest BCUT2D eigenvalue weighted by Crippen LogP contribution is 2.34. The third-order valence-corrected chi connectivity index (χ3v) is 1.68. The second kappa shape index (κ2) is 3.70. The van der Waals surface area contributed by atoms with Crippen molar-refractivity contribution in [2.45, 2.75) is 0 Å². The summed E-state index contributed by atoms with van der Waals surface area (Å²) in [6.07, 6.45) is 0. The predicted octanol–water partition coefficient (Wildman–Crippen LogP) is 1.95. The maximum atomic E-state index is 9.25. The topological polar surface area (TPSA) is 130 Å². The third kappa shape index (κ3) is 1.47. The first kappa shape index (κ1) is 9.92. The molecule has 0 aliphatic rings. The van der Waals surface area contributed by atoms with Gasteiger partial charge in [0.1, 0.15) is 28.2 Å². The van der Waals surface area contributed by atoms with Gasteiger partial charge in [-0.3, -0.25) is 0 Å². The lowest BCUT2D eigenvalue weighted by atomic mass is 10.2. The van der Waals surface area contributed by atoms with E-state index < -0.39 is 22.3 Å². The van der Waals surface area contributed by atoms with Crippen LogP contribution in [0.3, 0.4) is 0 Å². The largest absolute Gasteiger partial charge is 0.222 e. The molecular weight excluding hydrogens is 206 g/mol. The Labute approximate surface area is 83.5 Å². The maximum absolute atomic E-state index is 9.25. The number of hydrogen-bond acceptors (Lipinski definition) is 3.